The normalized spacial score (nSPS) is 21.6. The Hall–Kier alpha value is -2.26. The highest BCUT2D eigenvalue weighted by atomic mass is 16.1. The van der Waals surface area contributed by atoms with Crippen molar-refractivity contribution in [3.8, 4) is 0 Å². The van der Waals surface area contributed by atoms with Gasteiger partial charge in [-0.3, -0.25) is 14.5 Å². The molecular formula is C21H23NO2. The number of carbonyl (C=O) groups excluding carboxylic acids is 2. The van der Waals surface area contributed by atoms with Crippen LogP contribution >= 0.6 is 0 Å². The van der Waals surface area contributed by atoms with E-state index >= 15 is 0 Å². The monoisotopic (exact) mass is 321 g/mol. The number of ketones is 2. The summed E-state index contributed by atoms with van der Waals surface area (Å²) in [6.07, 6.45) is 0.304. The number of benzene rings is 2. The van der Waals surface area contributed by atoms with Crippen molar-refractivity contribution >= 4 is 11.6 Å². The topological polar surface area (TPSA) is 37.4 Å². The Morgan fingerprint density at radius 3 is 2.29 bits per heavy atom. The minimum absolute atomic E-state index is 0.0176. The van der Waals surface area contributed by atoms with Crippen molar-refractivity contribution in [2.24, 2.45) is 11.8 Å². The largest absolute Gasteiger partial charge is 0.299 e. The average molecular weight is 321 g/mol. The molecule has 3 heteroatoms. The zero-order valence-electron chi connectivity index (χ0n) is 14.0. The highest BCUT2D eigenvalue weighted by Crippen LogP contribution is 2.24. The third-order valence-electron chi connectivity index (χ3n) is 4.68. The summed E-state index contributed by atoms with van der Waals surface area (Å²) in [5.74, 6) is 0.0625. The molecule has 1 aliphatic heterocycles. The van der Waals surface area contributed by atoms with Crippen molar-refractivity contribution < 1.29 is 9.59 Å². The van der Waals surface area contributed by atoms with Gasteiger partial charge in [0, 0.05) is 43.5 Å². The molecular weight excluding hydrogens is 298 g/mol. The third kappa shape index (κ3) is 3.98. The summed E-state index contributed by atoms with van der Waals surface area (Å²) in [6.45, 7) is 4.23. The first-order chi connectivity index (χ1) is 11.6. The number of hydrogen-bond donors (Lipinski definition) is 0. The van der Waals surface area contributed by atoms with Crippen LogP contribution in [0.25, 0.3) is 0 Å². The van der Waals surface area contributed by atoms with Gasteiger partial charge in [0.05, 0.1) is 0 Å². The number of likely N-dealkylation sites (tertiary alicyclic amines) is 1. The standard InChI is InChI=1S/C21H23NO2/c1-16-13-22(14-17-8-4-2-5-9-17)15-19(21(16)24)12-20(23)18-10-6-3-7-11-18/h2-11,16,19H,12-15H2,1H3. The summed E-state index contributed by atoms with van der Waals surface area (Å²) in [6, 6.07) is 19.5. The summed E-state index contributed by atoms with van der Waals surface area (Å²) in [5.41, 5.74) is 1.94. The summed E-state index contributed by atoms with van der Waals surface area (Å²) in [5, 5.41) is 0. The maximum Gasteiger partial charge on any atom is 0.163 e. The van der Waals surface area contributed by atoms with Crippen LogP contribution in [-0.4, -0.2) is 29.6 Å². The van der Waals surface area contributed by atoms with Gasteiger partial charge in [-0.2, -0.15) is 0 Å². The molecule has 2 atom stereocenters. The second kappa shape index (κ2) is 7.54. The van der Waals surface area contributed by atoms with Crippen LogP contribution in [0.3, 0.4) is 0 Å². The fourth-order valence-corrected chi connectivity index (χ4v) is 3.46. The number of nitrogens with zero attached hydrogens (tertiary/aromatic N) is 1. The summed E-state index contributed by atoms with van der Waals surface area (Å²) < 4.78 is 0. The van der Waals surface area contributed by atoms with Crippen molar-refractivity contribution in [2.45, 2.75) is 19.9 Å². The average Bonchev–Trinajstić information content (AvgIpc) is 2.61. The van der Waals surface area contributed by atoms with Crippen LogP contribution in [0.1, 0.15) is 29.3 Å². The molecule has 1 heterocycles. The maximum atomic E-state index is 12.5. The summed E-state index contributed by atoms with van der Waals surface area (Å²) in [4.78, 5) is 27.3. The van der Waals surface area contributed by atoms with Crippen LogP contribution in [0.5, 0.6) is 0 Å². The van der Waals surface area contributed by atoms with Gasteiger partial charge in [0.1, 0.15) is 5.78 Å². The second-order valence-electron chi connectivity index (χ2n) is 6.67. The summed E-state index contributed by atoms with van der Waals surface area (Å²) >= 11 is 0. The Kier molecular flexibility index (Phi) is 5.21. The lowest BCUT2D eigenvalue weighted by Crippen LogP contribution is -2.46. The second-order valence-corrected chi connectivity index (χ2v) is 6.67. The highest BCUT2D eigenvalue weighted by Gasteiger charge is 2.33. The van der Waals surface area contributed by atoms with E-state index < -0.39 is 0 Å². The molecule has 0 bridgehead atoms. The van der Waals surface area contributed by atoms with Crippen LogP contribution in [0.4, 0.5) is 0 Å². The zero-order valence-corrected chi connectivity index (χ0v) is 14.0. The molecule has 1 aliphatic rings. The molecule has 0 saturated carbocycles. The number of hydrogen-bond acceptors (Lipinski definition) is 3. The quantitative estimate of drug-likeness (QED) is 0.790. The van der Waals surface area contributed by atoms with Crippen molar-refractivity contribution in [1.29, 1.82) is 0 Å². The van der Waals surface area contributed by atoms with Gasteiger partial charge in [-0.15, -0.1) is 0 Å². The van der Waals surface area contributed by atoms with Crippen molar-refractivity contribution in [3.63, 3.8) is 0 Å². The Morgan fingerprint density at radius 2 is 1.62 bits per heavy atom. The van der Waals surface area contributed by atoms with E-state index in [1.165, 1.54) is 5.56 Å². The zero-order chi connectivity index (χ0) is 16.9. The molecule has 2 unspecified atom stereocenters. The minimum atomic E-state index is -0.204. The van der Waals surface area contributed by atoms with Gasteiger partial charge in [-0.1, -0.05) is 67.6 Å². The van der Waals surface area contributed by atoms with Gasteiger partial charge < -0.3 is 0 Å². The fourth-order valence-electron chi connectivity index (χ4n) is 3.46. The smallest absolute Gasteiger partial charge is 0.163 e. The lowest BCUT2D eigenvalue weighted by Gasteiger charge is -2.35. The van der Waals surface area contributed by atoms with Crippen molar-refractivity contribution in [3.05, 3.63) is 71.8 Å². The van der Waals surface area contributed by atoms with Crippen LogP contribution in [-0.2, 0) is 11.3 Å². The van der Waals surface area contributed by atoms with E-state index in [0.29, 0.717) is 18.5 Å². The van der Waals surface area contributed by atoms with Gasteiger partial charge in [-0.25, -0.2) is 0 Å². The molecule has 3 rings (SSSR count). The van der Waals surface area contributed by atoms with E-state index in [0.717, 1.165) is 13.1 Å². The fraction of sp³-hybridized carbons (Fsp3) is 0.333. The predicted molar refractivity (Wildman–Crippen MR) is 94.8 cm³/mol. The van der Waals surface area contributed by atoms with E-state index in [-0.39, 0.29) is 23.4 Å². The molecule has 2 aromatic rings. The molecule has 3 nitrogen and oxygen atoms in total. The lowest BCUT2D eigenvalue weighted by molar-refractivity contribution is -0.130. The lowest BCUT2D eigenvalue weighted by atomic mass is 9.84. The third-order valence-corrected chi connectivity index (χ3v) is 4.68. The van der Waals surface area contributed by atoms with Crippen LogP contribution in [0, 0.1) is 11.8 Å². The molecule has 2 aromatic carbocycles. The first kappa shape index (κ1) is 16.6. The number of rotatable bonds is 5. The Balaban J connectivity index is 1.67. The Morgan fingerprint density at radius 1 is 1.00 bits per heavy atom. The van der Waals surface area contributed by atoms with Gasteiger partial charge in [-0.05, 0) is 5.56 Å². The first-order valence-electron chi connectivity index (χ1n) is 8.51. The van der Waals surface area contributed by atoms with Crippen LogP contribution in [0.15, 0.2) is 60.7 Å². The number of Topliss-reactive ketones (excluding diaryl/α,β-unsaturated/α-hetero) is 2. The van der Waals surface area contributed by atoms with E-state index in [1.54, 1.807) is 0 Å². The molecule has 0 amide bonds. The van der Waals surface area contributed by atoms with E-state index in [4.69, 9.17) is 0 Å². The number of carbonyl (C=O) groups is 2. The molecule has 0 spiro atoms. The van der Waals surface area contributed by atoms with E-state index in [1.807, 2.05) is 55.5 Å². The Labute approximate surface area is 143 Å². The van der Waals surface area contributed by atoms with Gasteiger partial charge in [0.2, 0.25) is 0 Å². The molecule has 124 valence electrons. The minimum Gasteiger partial charge on any atom is -0.299 e. The molecule has 0 N–H and O–H groups in total. The molecule has 24 heavy (non-hydrogen) atoms. The van der Waals surface area contributed by atoms with Crippen molar-refractivity contribution in [2.75, 3.05) is 13.1 Å². The molecule has 1 saturated heterocycles. The molecule has 1 fully saturated rings. The van der Waals surface area contributed by atoms with Crippen LogP contribution < -0.4 is 0 Å². The van der Waals surface area contributed by atoms with E-state index in [2.05, 4.69) is 17.0 Å². The SMILES string of the molecule is CC1CN(Cc2ccccc2)CC(CC(=O)c2ccccc2)C1=O. The number of piperidine rings is 1. The highest BCUT2D eigenvalue weighted by molar-refractivity contribution is 5.99. The van der Waals surface area contributed by atoms with Crippen LogP contribution in [0.2, 0.25) is 0 Å². The molecule has 0 aliphatic carbocycles. The van der Waals surface area contributed by atoms with E-state index in [9.17, 15) is 9.59 Å². The van der Waals surface area contributed by atoms with Gasteiger partial charge >= 0.3 is 0 Å². The first-order valence-corrected chi connectivity index (χ1v) is 8.51. The predicted octanol–water partition coefficient (Wildman–Crippen LogP) is 3.60. The molecule has 0 aromatic heterocycles. The Bertz CT molecular complexity index is 696. The van der Waals surface area contributed by atoms with Gasteiger partial charge in [0.25, 0.3) is 0 Å². The summed E-state index contributed by atoms with van der Waals surface area (Å²) in [7, 11) is 0. The van der Waals surface area contributed by atoms with Crippen molar-refractivity contribution in [1.82, 2.24) is 4.90 Å². The molecule has 0 radical (unpaired) electrons. The van der Waals surface area contributed by atoms with Gasteiger partial charge in [0.15, 0.2) is 5.78 Å². The maximum absolute atomic E-state index is 12.5.